The van der Waals surface area contributed by atoms with Gasteiger partial charge in [-0.1, -0.05) is 26.0 Å². The predicted molar refractivity (Wildman–Crippen MR) is 57.9 cm³/mol. The molecule has 0 N–H and O–H groups in total. The molecule has 0 amide bonds. The molecular formula is C11H20N3. The molecule has 1 aromatic heterocycles. The third-order valence-corrected chi connectivity index (χ3v) is 1.87. The lowest BCUT2D eigenvalue weighted by molar-refractivity contribution is 0.391. The maximum Gasteiger partial charge on any atom is 0.0832 e. The van der Waals surface area contributed by atoms with Gasteiger partial charge in [-0.15, -0.1) is 5.10 Å². The van der Waals surface area contributed by atoms with E-state index in [1.165, 1.54) is 0 Å². The van der Waals surface area contributed by atoms with Gasteiger partial charge in [0, 0.05) is 6.20 Å². The molecule has 0 bridgehead atoms. The van der Waals surface area contributed by atoms with Crippen molar-refractivity contribution >= 4 is 0 Å². The topological polar surface area (TPSA) is 30.7 Å². The van der Waals surface area contributed by atoms with E-state index >= 15 is 0 Å². The maximum absolute atomic E-state index is 4.14. The van der Waals surface area contributed by atoms with E-state index in [9.17, 15) is 0 Å². The minimum atomic E-state index is -0.219. The second-order valence-corrected chi connectivity index (χ2v) is 5.70. The Labute approximate surface area is 86.5 Å². The average molecular weight is 194 g/mol. The molecule has 0 aliphatic rings. The van der Waals surface area contributed by atoms with Gasteiger partial charge in [0.1, 0.15) is 0 Å². The molecule has 0 atom stereocenters. The molecule has 79 valence electrons. The van der Waals surface area contributed by atoms with Crippen molar-refractivity contribution in [2.24, 2.45) is 5.41 Å². The van der Waals surface area contributed by atoms with Crippen molar-refractivity contribution in [3.05, 3.63) is 18.8 Å². The number of aromatic nitrogens is 3. The molecule has 1 heterocycles. The van der Waals surface area contributed by atoms with Crippen molar-refractivity contribution < 1.29 is 0 Å². The molecule has 0 saturated carbocycles. The highest BCUT2D eigenvalue weighted by Gasteiger charge is 2.18. The van der Waals surface area contributed by atoms with Crippen molar-refractivity contribution in [1.29, 1.82) is 0 Å². The summed E-state index contributed by atoms with van der Waals surface area (Å²) in [5, 5.41) is 8.22. The Morgan fingerprint density at radius 3 is 2.21 bits per heavy atom. The standard InChI is InChI=1S/C11H20N3/c1-10(2,3)7-9-8-14(13-12-9)11(4,5)6/h8H,4,7H2,1-3,5-6H3. The van der Waals surface area contributed by atoms with Crippen LogP contribution in [0.3, 0.4) is 0 Å². The second kappa shape index (κ2) is 3.37. The van der Waals surface area contributed by atoms with Crippen molar-refractivity contribution in [3.8, 4) is 0 Å². The lowest BCUT2D eigenvalue weighted by Crippen LogP contribution is -2.22. The first kappa shape index (κ1) is 11.2. The molecule has 0 spiro atoms. The second-order valence-electron chi connectivity index (χ2n) is 5.70. The average Bonchev–Trinajstić information content (AvgIpc) is 2.29. The molecular weight excluding hydrogens is 174 g/mol. The number of rotatable bonds is 2. The number of hydrogen-bond acceptors (Lipinski definition) is 2. The van der Waals surface area contributed by atoms with Gasteiger partial charge < -0.3 is 0 Å². The quantitative estimate of drug-likeness (QED) is 0.724. The van der Waals surface area contributed by atoms with Gasteiger partial charge in [0.05, 0.1) is 11.2 Å². The molecule has 14 heavy (non-hydrogen) atoms. The Kier molecular flexibility index (Phi) is 2.70. The summed E-state index contributed by atoms with van der Waals surface area (Å²) in [4.78, 5) is 0. The Morgan fingerprint density at radius 1 is 1.29 bits per heavy atom. The minimum Gasteiger partial charge on any atom is -0.247 e. The summed E-state index contributed by atoms with van der Waals surface area (Å²) in [5.41, 5.74) is 1.07. The van der Waals surface area contributed by atoms with Gasteiger partial charge in [0.2, 0.25) is 0 Å². The lowest BCUT2D eigenvalue weighted by atomic mass is 9.91. The van der Waals surface area contributed by atoms with Crippen LogP contribution in [0.25, 0.3) is 0 Å². The monoisotopic (exact) mass is 194 g/mol. The smallest absolute Gasteiger partial charge is 0.0832 e. The fourth-order valence-electron chi connectivity index (χ4n) is 1.22. The van der Waals surface area contributed by atoms with E-state index in [2.05, 4.69) is 38.0 Å². The lowest BCUT2D eigenvalue weighted by Gasteiger charge is -2.18. The minimum absolute atomic E-state index is 0.219. The highest BCUT2D eigenvalue weighted by molar-refractivity contribution is 4.98. The first-order chi connectivity index (χ1) is 6.18. The van der Waals surface area contributed by atoms with Crippen LogP contribution in [0, 0.1) is 12.3 Å². The summed E-state index contributed by atoms with van der Waals surface area (Å²) in [6.07, 6.45) is 2.93. The van der Waals surface area contributed by atoms with Gasteiger partial charge in [-0.25, -0.2) is 4.68 Å². The fourth-order valence-corrected chi connectivity index (χ4v) is 1.22. The molecule has 0 aromatic carbocycles. The summed E-state index contributed by atoms with van der Waals surface area (Å²) in [7, 11) is 0. The highest BCUT2D eigenvalue weighted by atomic mass is 15.4. The number of hydrogen-bond donors (Lipinski definition) is 0. The van der Waals surface area contributed by atoms with Crippen molar-refractivity contribution in [1.82, 2.24) is 15.0 Å². The van der Waals surface area contributed by atoms with Gasteiger partial charge in [0.15, 0.2) is 0 Å². The zero-order chi connectivity index (χ0) is 11.0. The Balaban J connectivity index is 2.79. The largest absolute Gasteiger partial charge is 0.247 e. The third-order valence-electron chi connectivity index (χ3n) is 1.87. The zero-order valence-electron chi connectivity index (χ0n) is 9.83. The van der Waals surface area contributed by atoms with Crippen LogP contribution in [0.4, 0.5) is 0 Å². The van der Waals surface area contributed by atoms with Gasteiger partial charge >= 0.3 is 0 Å². The van der Waals surface area contributed by atoms with Gasteiger partial charge in [-0.2, -0.15) is 0 Å². The molecule has 1 rings (SSSR count). The summed E-state index contributed by atoms with van der Waals surface area (Å²) < 4.78 is 1.81. The Bertz CT molecular complexity index is 299. The van der Waals surface area contributed by atoms with Gasteiger partial charge in [-0.05, 0) is 32.6 Å². The first-order valence-corrected chi connectivity index (χ1v) is 4.95. The van der Waals surface area contributed by atoms with Crippen LogP contribution in [0.5, 0.6) is 0 Å². The molecule has 3 heteroatoms. The molecule has 0 aliphatic heterocycles. The SMILES string of the molecule is [CH2]C(C)(C)n1cc(CC(C)(C)C)nn1. The fraction of sp³-hybridized carbons (Fsp3) is 0.727. The summed E-state index contributed by atoms with van der Waals surface area (Å²) in [6.45, 7) is 14.6. The Hall–Kier alpha value is -0.860. The molecule has 0 fully saturated rings. The maximum atomic E-state index is 4.14. The molecule has 1 radical (unpaired) electrons. The van der Waals surface area contributed by atoms with E-state index in [0.29, 0.717) is 0 Å². The normalized spacial score (nSPS) is 13.3. The van der Waals surface area contributed by atoms with E-state index in [1.54, 1.807) is 0 Å². The summed E-state index contributed by atoms with van der Waals surface area (Å²) in [6, 6.07) is 0. The van der Waals surface area contributed by atoms with Gasteiger partial charge in [-0.3, -0.25) is 0 Å². The van der Waals surface area contributed by atoms with Crippen LogP contribution in [-0.4, -0.2) is 15.0 Å². The van der Waals surface area contributed by atoms with Crippen LogP contribution < -0.4 is 0 Å². The van der Waals surface area contributed by atoms with Crippen molar-refractivity contribution in [3.63, 3.8) is 0 Å². The molecule has 0 unspecified atom stereocenters. The zero-order valence-corrected chi connectivity index (χ0v) is 9.83. The highest BCUT2D eigenvalue weighted by Crippen LogP contribution is 2.20. The third kappa shape index (κ3) is 3.13. The van der Waals surface area contributed by atoms with E-state index in [0.717, 1.165) is 12.1 Å². The van der Waals surface area contributed by atoms with Crippen LogP contribution in [-0.2, 0) is 12.0 Å². The van der Waals surface area contributed by atoms with E-state index in [4.69, 9.17) is 0 Å². The van der Waals surface area contributed by atoms with Crippen LogP contribution >= 0.6 is 0 Å². The van der Waals surface area contributed by atoms with E-state index in [1.807, 2.05) is 24.7 Å². The summed E-state index contributed by atoms with van der Waals surface area (Å²) in [5.74, 6) is 0. The van der Waals surface area contributed by atoms with Crippen LogP contribution in [0.2, 0.25) is 0 Å². The predicted octanol–water partition coefficient (Wildman–Crippen LogP) is 2.44. The van der Waals surface area contributed by atoms with Crippen molar-refractivity contribution in [2.45, 2.75) is 46.6 Å². The van der Waals surface area contributed by atoms with E-state index < -0.39 is 0 Å². The summed E-state index contributed by atoms with van der Waals surface area (Å²) >= 11 is 0. The Morgan fingerprint density at radius 2 is 1.86 bits per heavy atom. The first-order valence-electron chi connectivity index (χ1n) is 4.95. The molecule has 0 saturated heterocycles. The number of nitrogens with zero attached hydrogens (tertiary/aromatic N) is 3. The molecule has 1 aromatic rings. The van der Waals surface area contributed by atoms with Gasteiger partial charge in [0.25, 0.3) is 0 Å². The molecule has 3 nitrogen and oxygen atoms in total. The van der Waals surface area contributed by atoms with E-state index in [-0.39, 0.29) is 11.0 Å². The van der Waals surface area contributed by atoms with Crippen LogP contribution in [0.15, 0.2) is 6.20 Å². The molecule has 0 aliphatic carbocycles. The van der Waals surface area contributed by atoms with Crippen LogP contribution in [0.1, 0.15) is 40.3 Å². The van der Waals surface area contributed by atoms with Crippen molar-refractivity contribution in [2.75, 3.05) is 0 Å².